The van der Waals surface area contributed by atoms with Crippen LogP contribution in [0.3, 0.4) is 0 Å². The summed E-state index contributed by atoms with van der Waals surface area (Å²) in [6, 6.07) is 13.4. The molecule has 2 aromatic carbocycles. The van der Waals surface area contributed by atoms with Crippen molar-refractivity contribution in [2.45, 2.75) is 32.2 Å². The normalized spacial score (nSPS) is 11.5. The van der Waals surface area contributed by atoms with Crippen LogP contribution in [0.15, 0.2) is 42.5 Å². The van der Waals surface area contributed by atoms with E-state index in [9.17, 15) is 4.79 Å². The van der Waals surface area contributed by atoms with Gasteiger partial charge < -0.3 is 20.5 Å². The summed E-state index contributed by atoms with van der Waals surface area (Å²) in [5.74, 6) is 1.62. The molecule has 0 fully saturated rings. The number of hydrogen-bond acceptors (Lipinski definition) is 4. The quantitative estimate of drug-likeness (QED) is 0.719. The molecule has 0 heterocycles. The van der Waals surface area contributed by atoms with E-state index >= 15 is 0 Å². The van der Waals surface area contributed by atoms with Crippen molar-refractivity contribution in [2.24, 2.45) is 5.73 Å². The van der Waals surface area contributed by atoms with Gasteiger partial charge in [-0.2, -0.15) is 0 Å². The summed E-state index contributed by atoms with van der Waals surface area (Å²) in [5, 5.41) is 2.89. The number of hydrogen-bond donors (Lipinski definition) is 2. The zero-order chi connectivity index (χ0) is 19.1. The number of carbonyl (C=O) groups is 1. The maximum absolute atomic E-state index is 12.4. The van der Waals surface area contributed by atoms with E-state index in [-0.39, 0.29) is 30.8 Å². The first-order valence-corrected chi connectivity index (χ1v) is 8.78. The molecule has 0 spiro atoms. The van der Waals surface area contributed by atoms with Crippen LogP contribution in [0.5, 0.6) is 11.5 Å². The highest BCUT2D eigenvalue weighted by atomic mass is 35.5. The number of rotatable bonds is 8. The third kappa shape index (κ3) is 6.15. The first-order valence-electron chi connectivity index (χ1n) is 8.78. The number of amides is 1. The van der Waals surface area contributed by atoms with Crippen LogP contribution in [0.1, 0.15) is 42.5 Å². The third-order valence-electron chi connectivity index (χ3n) is 4.42. The fraction of sp³-hybridized carbons (Fsp3) is 0.381. The summed E-state index contributed by atoms with van der Waals surface area (Å²) in [6.07, 6.45) is 0.173. The Labute approximate surface area is 167 Å². The van der Waals surface area contributed by atoms with Gasteiger partial charge in [0.1, 0.15) is 11.5 Å². The second-order valence-electron chi connectivity index (χ2n) is 6.55. The van der Waals surface area contributed by atoms with Crippen LogP contribution < -0.4 is 20.5 Å². The SMILES string of the molecule is COc1cccc(OC)c1CC(=O)NCC(N)c1ccc(C(C)C)cc1.Cl. The van der Waals surface area contributed by atoms with Gasteiger partial charge in [-0.3, -0.25) is 4.79 Å². The van der Waals surface area contributed by atoms with Crippen molar-refractivity contribution in [1.29, 1.82) is 0 Å². The summed E-state index contributed by atoms with van der Waals surface area (Å²) in [4.78, 5) is 12.4. The highest BCUT2D eigenvalue weighted by Crippen LogP contribution is 2.28. The van der Waals surface area contributed by atoms with Crippen molar-refractivity contribution < 1.29 is 14.3 Å². The van der Waals surface area contributed by atoms with E-state index in [2.05, 4.69) is 31.3 Å². The van der Waals surface area contributed by atoms with Gasteiger partial charge in [0.05, 0.1) is 20.6 Å². The highest BCUT2D eigenvalue weighted by Gasteiger charge is 2.15. The molecule has 0 aliphatic carbocycles. The Morgan fingerprint density at radius 3 is 2.00 bits per heavy atom. The Hall–Kier alpha value is -2.24. The molecule has 0 aromatic heterocycles. The molecule has 6 heteroatoms. The largest absolute Gasteiger partial charge is 0.496 e. The van der Waals surface area contributed by atoms with Crippen LogP contribution in [-0.4, -0.2) is 26.7 Å². The number of ether oxygens (including phenoxy) is 2. The lowest BCUT2D eigenvalue weighted by Crippen LogP contribution is -2.33. The van der Waals surface area contributed by atoms with E-state index in [1.54, 1.807) is 14.2 Å². The van der Waals surface area contributed by atoms with Crippen molar-refractivity contribution in [1.82, 2.24) is 5.32 Å². The average Bonchev–Trinajstić information content (AvgIpc) is 2.66. The lowest BCUT2D eigenvalue weighted by atomic mass is 9.99. The van der Waals surface area contributed by atoms with Crippen molar-refractivity contribution in [3.8, 4) is 11.5 Å². The van der Waals surface area contributed by atoms with Gasteiger partial charge in [-0.15, -0.1) is 12.4 Å². The number of nitrogens with two attached hydrogens (primary N) is 1. The Balaban J connectivity index is 0.00000364. The molecule has 1 unspecified atom stereocenters. The molecule has 0 saturated heterocycles. The lowest BCUT2D eigenvalue weighted by Gasteiger charge is -2.16. The minimum atomic E-state index is -0.250. The summed E-state index contributed by atoms with van der Waals surface area (Å²) in [7, 11) is 3.15. The van der Waals surface area contributed by atoms with E-state index in [0.29, 0.717) is 24.0 Å². The molecule has 3 N–H and O–H groups in total. The van der Waals surface area contributed by atoms with Gasteiger partial charge in [0.15, 0.2) is 0 Å². The van der Waals surface area contributed by atoms with Gasteiger partial charge in [-0.25, -0.2) is 0 Å². The first kappa shape index (κ1) is 22.8. The monoisotopic (exact) mass is 392 g/mol. The molecular weight excluding hydrogens is 364 g/mol. The van der Waals surface area contributed by atoms with Crippen LogP contribution in [0, 0.1) is 0 Å². The Bertz CT molecular complexity index is 710. The fourth-order valence-electron chi connectivity index (χ4n) is 2.80. The predicted octanol–water partition coefficient (Wildman–Crippen LogP) is 3.61. The lowest BCUT2D eigenvalue weighted by molar-refractivity contribution is -0.120. The molecule has 0 aliphatic heterocycles. The summed E-state index contributed by atoms with van der Waals surface area (Å²) in [6.45, 7) is 4.68. The molecule has 0 bridgehead atoms. The summed E-state index contributed by atoms with van der Waals surface area (Å²) >= 11 is 0. The van der Waals surface area contributed by atoms with Crippen LogP contribution >= 0.6 is 12.4 Å². The average molecular weight is 393 g/mol. The van der Waals surface area contributed by atoms with Gasteiger partial charge in [-0.1, -0.05) is 44.2 Å². The van der Waals surface area contributed by atoms with Crippen LogP contribution in [0.25, 0.3) is 0 Å². The molecule has 2 rings (SSSR count). The van der Waals surface area contributed by atoms with Crippen molar-refractivity contribution in [3.63, 3.8) is 0 Å². The molecule has 1 atom stereocenters. The fourth-order valence-corrected chi connectivity index (χ4v) is 2.80. The summed E-state index contributed by atoms with van der Waals surface area (Å²) in [5.41, 5.74) is 9.21. The molecule has 5 nitrogen and oxygen atoms in total. The number of nitrogens with one attached hydrogen (secondary N) is 1. The Morgan fingerprint density at radius 2 is 1.52 bits per heavy atom. The predicted molar refractivity (Wildman–Crippen MR) is 111 cm³/mol. The Morgan fingerprint density at radius 1 is 1.00 bits per heavy atom. The first-order chi connectivity index (χ1) is 12.5. The zero-order valence-corrected chi connectivity index (χ0v) is 17.1. The maximum atomic E-state index is 12.4. The topological polar surface area (TPSA) is 73.6 Å². The van der Waals surface area contributed by atoms with E-state index in [1.165, 1.54) is 5.56 Å². The minimum Gasteiger partial charge on any atom is -0.496 e. The van der Waals surface area contributed by atoms with Crippen molar-refractivity contribution in [2.75, 3.05) is 20.8 Å². The molecule has 1 amide bonds. The standard InChI is InChI=1S/C21H28N2O3.ClH/c1-14(2)15-8-10-16(11-9-15)18(22)13-23-21(24)12-17-19(25-3)6-5-7-20(17)26-4;/h5-11,14,18H,12-13,22H2,1-4H3,(H,23,24);1H. The van der Waals surface area contributed by atoms with Gasteiger partial charge in [0.25, 0.3) is 0 Å². The number of benzene rings is 2. The van der Waals surface area contributed by atoms with Gasteiger partial charge in [-0.05, 0) is 29.2 Å². The number of carbonyl (C=O) groups excluding carboxylic acids is 1. The molecule has 2 aromatic rings. The Kier molecular flexibility index (Phi) is 9.12. The highest BCUT2D eigenvalue weighted by molar-refractivity contribution is 5.85. The molecule has 0 radical (unpaired) electrons. The second-order valence-corrected chi connectivity index (χ2v) is 6.55. The molecular formula is C21H29ClN2O3. The molecule has 0 aliphatic rings. The number of halogens is 1. The third-order valence-corrected chi connectivity index (χ3v) is 4.42. The van der Waals surface area contributed by atoms with Crippen molar-refractivity contribution in [3.05, 3.63) is 59.2 Å². The molecule has 0 saturated carbocycles. The molecule has 148 valence electrons. The smallest absolute Gasteiger partial charge is 0.224 e. The van der Waals surface area contributed by atoms with E-state index in [0.717, 1.165) is 11.1 Å². The van der Waals surface area contributed by atoms with E-state index in [1.807, 2.05) is 30.3 Å². The van der Waals surface area contributed by atoms with Gasteiger partial charge in [0.2, 0.25) is 5.91 Å². The molecule has 27 heavy (non-hydrogen) atoms. The number of methoxy groups -OCH3 is 2. The van der Waals surface area contributed by atoms with Gasteiger partial charge in [0, 0.05) is 18.2 Å². The van der Waals surface area contributed by atoms with E-state index in [4.69, 9.17) is 15.2 Å². The van der Waals surface area contributed by atoms with Crippen LogP contribution in [-0.2, 0) is 11.2 Å². The van der Waals surface area contributed by atoms with Crippen LogP contribution in [0.4, 0.5) is 0 Å². The minimum absolute atomic E-state index is 0. The van der Waals surface area contributed by atoms with Gasteiger partial charge >= 0.3 is 0 Å². The van der Waals surface area contributed by atoms with Crippen molar-refractivity contribution >= 4 is 18.3 Å². The van der Waals surface area contributed by atoms with Crippen LogP contribution in [0.2, 0.25) is 0 Å². The summed E-state index contributed by atoms with van der Waals surface area (Å²) < 4.78 is 10.7. The van der Waals surface area contributed by atoms with E-state index < -0.39 is 0 Å². The maximum Gasteiger partial charge on any atom is 0.224 e. The zero-order valence-electron chi connectivity index (χ0n) is 16.3. The second kappa shape index (κ2) is 10.8.